The third-order valence-electron chi connectivity index (χ3n) is 4.54. The van der Waals surface area contributed by atoms with Crippen molar-refractivity contribution in [1.29, 1.82) is 5.26 Å². The fourth-order valence-corrected chi connectivity index (χ4v) is 3.66. The topological polar surface area (TPSA) is 71.3 Å². The van der Waals surface area contributed by atoms with Gasteiger partial charge in [-0.05, 0) is 60.5 Å². The number of benzene rings is 3. The minimum atomic E-state index is -0.645. The standard InChI is InChI=1S/C25H18BrCl2FN2O3/c1-2-33-22-11-16(19(26)12-23(22)34-14-15-6-8-18(29)9-7-15)10-17(13-30)25(32)31-21-5-3-4-20(27)24(21)28/h3-12H,2,14H2,1H3,(H,31,32)/b17-10-. The van der Waals surface area contributed by atoms with Gasteiger partial charge in [-0.1, -0.05) is 57.3 Å². The van der Waals surface area contributed by atoms with E-state index in [1.165, 1.54) is 18.2 Å². The zero-order chi connectivity index (χ0) is 24.7. The number of carbonyl (C=O) groups excluding carboxylic acids is 1. The number of nitrogens with one attached hydrogen (secondary N) is 1. The van der Waals surface area contributed by atoms with E-state index in [0.29, 0.717) is 33.8 Å². The first-order valence-electron chi connectivity index (χ1n) is 10.0. The summed E-state index contributed by atoms with van der Waals surface area (Å²) in [4.78, 5) is 12.7. The third-order valence-corrected chi connectivity index (χ3v) is 6.04. The van der Waals surface area contributed by atoms with Crippen LogP contribution in [-0.4, -0.2) is 12.5 Å². The molecule has 0 aliphatic rings. The predicted molar refractivity (Wildman–Crippen MR) is 135 cm³/mol. The van der Waals surface area contributed by atoms with Gasteiger partial charge in [-0.2, -0.15) is 5.26 Å². The van der Waals surface area contributed by atoms with Crippen molar-refractivity contribution in [3.8, 4) is 17.6 Å². The molecule has 0 radical (unpaired) electrons. The van der Waals surface area contributed by atoms with Crippen LogP contribution >= 0.6 is 39.1 Å². The second-order valence-corrected chi connectivity index (χ2v) is 8.53. The summed E-state index contributed by atoms with van der Waals surface area (Å²) >= 11 is 15.6. The summed E-state index contributed by atoms with van der Waals surface area (Å²) in [6.07, 6.45) is 1.42. The number of anilines is 1. The number of amides is 1. The molecule has 3 aromatic carbocycles. The van der Waals surface area contributed by atoms with Crippen molar-refractivity contribution in [1.82, 2.24) is 0 Å². The molecule has 1 amide bonds. The zero-order valence-electron chi connectivity index (χ0n) is 17.9. The van der Waals surface area contributed by atoms with Crippen molar-refractivity contribution in [3.63, 3.8) is 0 Å². The van der Waals surface area contributed by atoms with Crippen LogP contribution in [0.4, 0.5) is 10.1 Å². The largest absolute Gasteiger partial charge is 0.490 e. The van der Waals surface area contributed by atoms with Crippen LogP contribution in [0.2, 0.25) is 10.0 Å². The van der Waals surface area contributed by atoms with Gasteiger partial charge >= 0.3 is 0 Å². The number of halogens is 4. The molecule has 0 saturated heterocycles. The minimum Gasteiger partial charge on any atom is -0.490 e. The lowest BCUT2D eigenvalue weighted by Gasteiger charge is -2.14. The molecule has 0 unspecified atom stereocenters. The van der Waals surface area contributed by atoms with Gasteiger partial charge < -0.3 is 14.8 Å². The lowest BCUT2D eigenvalue weighted by molar-refractivity contribution is -0.112. The summed E-state index contributed by atoms with van der Waals surface area (Å²) in [5, 5.41) is 12.6. The van der Waals surface area contributed by atoms with Gasteiger partial charge in [0.1, 0.15) is 24.1 Å². The zero-order valence-corrected chi connectivity index (χ0v) is 21.0. The Morgan fingerprint density at radius 3 is 2.53 bits per heavy atom. The summed E-state index contributed by atoms with van der Waals surface area (Å²) < 4.78 is 25.3. The maximum atomic E-state index is 13.1. The Hall–Kier alpha value is -3.05. The normalized spacial score (nSPS) is 11.0. The first kappa shape index (κ1) is 25.6. The summed E-state index contributed by atoms with van der Waals surface area (Å²) in [5.74, 6) is -0.0979. The highest BCUT2D eigenvalue weighted by molar-refractivity contribution is 9.10. The van der Waals surface area contributed by atoms with Crippen molar-refractivity contribution in [2.24, 2.45) is 0 Å². The molecule has 0 aliphatic carbocycles. The van der Waals surface area contributed by atoms with E-state index in [1.807, 2.05) is 13.0 Å². The van der Waals surface area contributed by atoms with Gasteiger partial charge in [0.15, 0.2) is 11.5 Å². The predicted octanol–water partition coefficient (Wildman–Crippen LogP) is 7.42. The molecule has 174 valence electrons. The van der Waals surface area contributed by atoms with E-state index in [-0.39, 0.29) is 28.0 Å². The average molecular weight is 564 g/mol. The lowest BCUT2D eigenvalue weighted by atomic mass is 10.1. The molecule has 9 heteroatoms. The molecule has 0 aromatic heterocycles. The smallest absolute Gasteiger partial charge is 0.266 e. The molecular weight excluding hydrogens is 546 g/mol. The SMILES string of the molecule is CCOc1cc(/C=C(/C#N)C(=O)Nc2cccc(Cl)c2Cl)c(Br)cc1OCc1ccc(F)cc1. The van der Waals surface area contributed by atoms with E-state index in [4.69, 9.17) is 32.7 Å². The molecule has 5 nitrogen and oxygen atoms in total. The van der Waals surface area contributed by atoms with E-state index < -0.39 is 5.91 Å². The number of hydrogen-bond donors (Lipinski definition) is 1. The summed E-state index contributed by atoms with van der Waals surface area (Å²) in [5.41, 5.74) is 1.45. The minimum absolute atomic E-state index is 0.154. The molecule has 34 heavy (non-hydrogen) atoms. The molecule has 0 saturated carbocycles. The fourth-order valence-electron chi connectivity index (χ4n) is 2.88. The van der Waals surface area contributed by atoms with Gasteiger partial charge in [-0.25, -0.2) is 4.39 Å². The maximum absolute atomic E-state index is 13.1. The fraction of sp³-hybridized carbons (Fsp3) is 0.120. The van der Waals surface area contributed by atoms with Gasteiger partial charge in [0, 0.05) is 4.47 Å². The molecule has 0 fully saturated rings. The molecular formula is C25H18BrCl2FN2O3. The van der Waals surface area contributed by atoms with Crippen LogP contribution in [0.3, 0.4) is 0 Å². The molecule has 0 atom stereocenters. The Morgan fingerprint density at radius 1 is 1.15 bits per heavy atom. The summed E-state index contributed by atoms with van der Waals surface area (Å²) in [7, 11) is 0. The second kappa shape index (κ2) is 11.9. The van der Waals surface area contributed by atoms with E-state index in [1.54, 1.807) is 42.5 Å². The highest BCUT2D eigenvalue weighted by atomic mass is 79.9. The van der Waals surface area contributed by atoms with Crippen molar-refractivity contribution in [2.75, 3.05) is 11.9 Å². The number of hydrogen-bond acceptors (Lipinski definition) is 4. The Labute approximate surface area is 214 Å². The van der Waals surface area contributed by atoms with Crippen molar-refractivity contribution >= 4 is 56.8 Å². The highest BCUT2D eigenvalue weighted by Gasteiger charge is 2.16. The van der Waals surface area contributed by atoms with E-state index >= 15 is 0 Å². The Kier molecular flexibility index (Phi) is 8.94. The van der Waals surface area contributed by atoms with Gasteiger partial charge in [-0.3, -0.25) is 4.79 Å². The van der Waals surface area contributed by atoms with E-state index in [0.717, 1.165) is 5.56 Å². The van der Waals surface area contributed by atoms with E-state index in [9.17, 15) is 14.4 Å². The van der Waals surface area contributed by atoms with Crippen LogP contribution in [-0.2, 0) is 11.4 Å². The van der Waals surface area contributed by atoms with Gasteiger partial charge in [-0.15, -0.1) is 0 Å². The number of carbonyl (C=O) groups is 1. The van der Waals surface area contributed by atoms with Crippen LogP contribution in [0.15, 0.2) is 64.6 Å². The van der Waals surface area contributed by atoms with Crippen molar-refractivity contribution < 1.29 is 18.7 Å². The number of nitrogens with zero attached hydrogens (tertiary/aromatic N) is 1. The highest BCUT2D eigenvalue weighted by Crippen LogP contribution is 2.36. The molecule has 0 aliphatic heterocycles. The Bertz CT molecular complexity index is 1270. The van der Waals surface area contributed by atoms with Crippen LogP contribution in [0.5, 0.6) is 11.5 Å². The first-order valence-corrected chi connectivity index (χ1v) is 11.6. The molecule has 0 spiro atoms. The molecule has 0 bridgehead atoms. The quantitative estimate of drug-likeness (QED) is 0.229. The molecule has 3 aromatic rings. The van der Waals surface area contributed by atoms with Crippen molar-refractivity contribution in [3.05, 3.63) is 91.6 Å². The van der Waals surface area contributed by atoms with Crippen LogP contribution in [0.1, 0.15) is 18.1 Å². The monoisotopic (exact) mass is 562 g/mol. The number of ether oxygens (including phenoxy) is 2. The van der Waals surface area contributed by atoms with Crippen molar-refractivity contribution in [2.45, 2.75) is 13.5 Å². The average Bonchev–Trinajstić information content (AvgIpc) is 2.82. The van der Waals surface area contributed by atoms with E-state index in [2.05, 4.69) is 21.2 Å². The van der Waals surface area contributed by atoms with Crippen LogP contribution < -0.4 is 14.8 Å². The van der Waals surface area contributed by atoms with Gasteiger partial charge in [0.05, 0.1) is 22.3 Å². The Balaban J connectivity index is 1.86. The molecule has 1 N–H and O–H groups in total. The number of rotatable bonds is 8. The summed E-state index contributed by atoms with van der Waals surface area (Å²) in [6.45, 7) is 2.40. The maximum Gasteiger partial charge on any atom is 0.266 e. The van der Waals surface area contributed by atoms with Gasteiger partial charge in [0.25, 0.3) is 5.91 Å². The molecule has 0 heterocycles. The van der Waals surface area contributed by atoms with Crippen LogP contribution in [0, 0.1) is 17.1 Å². The first-order chi connectivity index (χ1) is 16.3. The van der Waals surface area contributed by atoms with Gasteiger partial charge in [0.2, 0.25) is 0 Å². The number of nitriles is 1. The lowest BCUT2D eigenvalue weighted by Crippen LogP contribution is -2.13. The molecule has 3 rings (SSSR count). The third kappa shape index (κ3) is 6.51. The van der Waals surface area contributed by atoms with Crippen LogP contribution in [0.25, 0.3) is 6.08 Å². The Morgan fingerprint density at radius 2 is 1.85 bits per heavy atom. The second-order valence-electron chi connectivity index (χ2n) is 6.89. The summed E-state index contributed by atoms with van der Waals surface area (Å²) in [6, 6.07) is 16.0.